The monoisotopic (exact) mass is 419 g/mol. The van der Waals surface area contributed by atoms with E-state index in [1.54, 1.807) is 23.3 Å². The average molecular weight is 420 g/mol. The first kappa shape index (κ1) is 18.6. The maximum Gasteiger partial charge on any atom is 0.267 e. The number of furan rings is 1. The smallest absolute Gasteiger partial charge is 0.267 e. The van der Waals surface area contributed by atoms with E-state index in [1.165, 1.54) is 11.8 Å². The van der Waals surface area contributed by atoms with E-state index < -0.39 is 0 Å². The molecule has 27 heavy (non-hydrogen) atoms. The predicted molar refractivity (Wildman–Crippen MR) is 114 cm³/mol. The van der Waals surface area contributed by atoms with Crippen LogP contribution in [0.4, 0.5) is 5.69 Å². The summed E-state index contributed by atoms with van der Waals surface area (Å²) in [6.45, 7) is 4.01. The number of hydrogen-bond acceptors (Lipinski definition) is 6. The maximum absolute atomic E-state index is 12.7. The Morgan fingerprint density at radius 3 is 2.70 bits per heavy atom. The molecule has 0 atom stereocenters. The summed E-state index contributed by atoms with van der Waals surface area (Å²) < 4.78 is 5.89. The molecule has 2 saturated heterocycles. The molecule has 0 N–H and O–H groups in total. The lowest BCUT2D eigenvalue weighted by molar-refractivity contribution is -0.123. The number of carbonyl (C=O) groups excluding carboxylic acids is 1. The fourth-order valence-corrected chi connectivity index (χ4v) is 4.55. The number of nitrogens with zero attached hydrogens (tertiary/aromatic N) is 3. The van der Waals surface area contributed by atoms with Crippen molar-refractivity contribution >= 4 is 57.6 Å². The van der Waals surface area contributed by atoms with Gasteiger partial charge >= 0.3 is 0 Å². The van der Waals surface area contributed by atoms with E-state index in [9.17, 15) is 4.79 Å². The second kappa shape index (κ2) is 8.06. The van der Waals surface area contributed by atoms with E-state index in [1.807, 2.05) is 24.3 Å². The topological polar surface area (TPSA) is 39.9 Å². The average Bonchev–Trinajstić information content (AvgIpc) is 3.27. The van der Waals surface area contributed by atoms with E-state index >= 15 is 0 Å². The molecule has 0 aliphatic carbocycles. The van der Waals surface area contributed by atoms with Crippen LogP contribution < -0.4 is 4.90 Å². The fourth-order valence-electron chi connectivity index (χ4n) is 3.14. The molecule has 2 aliphatic rings. The summed E-state index contributed by atoms with van der Waals surface area (Å²) in [5.41, 5.74) is 1.13. The van der Waals surface area contributed by atoms with Gasteiger partial charge in [-0.05, 0) is 30.3 Å². The molecule has 140 valence electrons. The number of thiocarbonyl (C=S) groups is 1. The van der Waals surface area contributed by atoms with Gasteiger partial charge in [0.25, 0.3) is 5.91 Å². The van der Waals surface area contributed by atoms with Gasteiger partial charge in [0, 0.05) is 43.0 Å². The minimum Gasteiger partial charge on any atom is -0.465 e. The summed E-state index contributed by atoms with van der Waals surface area (Å²) in [5, 5.41) is 0.746. The van der Waals surface area contributed by atoms with Gasteiger partial charge in [0.2, 0.25) is 0 Å². The van der Waals surface area contributed by atoms with Crippen molar-refractivity contribution in [3.8, 4) is 0 Å². The van der Waals surface area contributed by atoms with Gasteiger partial charge < -0.3 is 9.32 Å². The summed E-state index contributed by atoms with van der Waals surface area (Å²) in [4.78, 5) is 19.5. The minimum atomic E-state index is -0.0568. The van der Waals surface area contributed by atoms with Crippen LogP contribution in [0.3, 0.4) is 0 Å². The Labute approximate surface area is 172 Å². The molecular weight excluding hydrogens is 402 g/mol. The van der Waals surface area contributed by atoms with Gasteiger partial charge in [-0.15, -0.1) is 0 Å². The standard InChI is InChI=1S/C19H18ClN3O2S2/c20-14-3-1-4-15(11-14)22-8-6-21(7-9-22)13-23-18(24)17(27-19(23)26)12-16-5-2-10-25-16/h1-5,10-12H,6-9,13H2/b17-12-. The molecule has 0 saturated carbocycles. The van der Waals surface area contributed by atoms with Gasteiger partial charge in [-0.25, -0.2) is 0 Å². The van der Waals surface area contributed by atoms with Crippen LogP contribution in [0.25, 0.3) is 6.08 Å². The third-order valence-electron chi connectivity index (χ3n) is 4.58. The molecule has 3 heterocycles. The zero-order chi connectivity index (χ0) is 18.8. The van der Waals surface area contributed by atoms with Crippen molar-refractivity contribution in [1.82, 2.24) is 9.80 Å². The van der Waals surface area contributed by atoms with Gasteiger partial charge in [-0.3, -0.25) is 14.6 Å². The third-order valence-corrected chi connectivity index (χ3v) is 6.19. The highest BCUT2D eigenvalue weighted by molar-refractivity contribution is 8.26. The number of hydrogen-bond donors (Lipinski definition) is 0. The first-order valence-corrected chi connectivity index (χ1v) is 10.2. The summed E-state index contributed by atoms with van der Waals surface area (Å²) >= 11 is 12.8. The van der Waals surface area contributed by atoms with Gasteiger partial charge in [0.15, 0.2) is 0 Å². The van der Waals surface area contributed by atoms with Gasteiger partial charge in [0.05, 0.1) is 17.8 Å². The largest absolute Gasteiger partial charge is 0.465 e. The molecule has 5 nitrogen and oxygen atoms in total. The van der Waals surface area contributed by atoms with E-state index in [4.69, 9.17) is 28.2 Å². The second-order valence-corrected chi connectivity index (χ2v) is 8.46. The highest BCUT2D eigenvalue weighted by Crippen LogP contribution is 2.33. The molecule has 0 unspecified atom stereocenters. The number of rotatable bonds is 4. The molecule has 0 spiro atoms. The Bertz CT molecular complexity index is 877. The van der Waals surface area contributed by atoms with Crippen LogP contribution in [-0.2, 0) is 4.79 Å². The Morgan fingerprint density at radius 1 is 1.19 bits per heavy atom. The molecule has 8 heteroatoms. The normalized spacial score (nSPS) is 20.1. The zero-order valence-electron chi connectivity index (χ0n) is 14.5. The molecule has 4 rings (SSSR count). The first-order valence-electron chi connectivity index (χ1n) is 8.62. The molecule has 2 aromatic rings. The number of piperazine rings is 1. The lowest BCUT2D eigenvalue weighted by atomic mass is 10.2. The molecule has 1 aromatic heterocycles. The quantitative estimate of drug-likeness (QED) is 0.552. The van der Waals surface area contributed by atoms with Crippen molar-refractivity contribution in [2.24, 2.45) is 0 Å². The highest BCUT2D eigenvalue weighted by Gasteiger charge is 2.34. The Morgan fingerprint density at radius 2 is 2.00 bits per heavy atom. The summed E-state index contributed by atoms with van der Waals surface area (Å²) in [6.07, 6.45) is 3.34. The van der Waals surface area contributed by atoms with Crippen molar-refractivity contribution in [3.05, 3.63) is 58.3 Å². The SMILES string of the molecule is O=C1/C(=C/c2ccco2)SC(=S)N1CN1CCN(c2cccc(Cl)c2)CC1. The van der Waals surface area contributed by atoms with Crippen molar-refractivity contribution in [1.29, 1.82) is 0 Å². The van der Waals surface area contributed by atoms with E-state index in [0.29, 0.717) is 21.7 Å². The molecule has 1 aromatic carbocycles. The third kappa shape index (κ3) is 4.21. The lowest BCUT2D eigenvalue weighted by Gasteiger charge is -2.37. The fraction of sp³-hybridized carbons (Fsp3) is 0.263. The number of benzene rings is 1. The van der Waals surface area contributed by atoms with Crippen LogP contribution in [0, 0.1) is 0 Å². The van der Waals surface area contributed by atoms with Crippen molar-refractivity contribution in [2.75, 3.05) is 37.7 Å². The maximum atomic E-state index is 12.7. The van der Waals surface area contributed by atoms with Gasteiger partial charge in [-0.1, -0.05) is 41.6 Å². The molecular formula is C19H18ClN3O2S2. The summed E-state index contributed by atoms with van der Waals surface area (Å²) in [7, 11) is 0. The summed E-state index contributed by atoms with van der Waals surface area (Å²) in [5.74, 6) is 0.601. The Balaban J connectivity index is 1.36. The van der Waals surface area contributed by atoms with Crippen LogP contribution in [0.15, 0.2) is 52.0 Å². The lowest BCUT2D eigenvalue weighted by Crippen LogP contribution is -2.50. The Kier molecular flexibility index (Phi) is 5.54. The van der Waals surface area contributed by atoms with E-state index in [0.717, 1.165) is 36.9 Å². The van der Waals surface area contributed by atoms with Crippen LogP contribution in [0.5, 0.6) is 0 Å². The molecule has 1 amide bonds. The first-order chi connectivity index (χ1) is 13.1. The predicted octanol–water partition coefficient (Wildman–Crippen LogP) is 3.91. The van der Waals surface area contributed by atoms with Crippen LogP contribution in [0.1, 0.15) is 5.76 Å². The van der Waals surface area contributed by atoms with Crippen LogP contribution >= 0.6 is 35.6 Å². The number of carbonyl (C=O) groups is 1. The van der Waals surface area contributed by atoms with Gasteiger partial charge in [0.1, 0.15) is 10.1 Å². The molecule has 0 radical (unpaired) electrons. The second-order valence-electron chi connectivity index (χ2n) is 6.35. The van der Waals surface area contributed by atoms with Crippen molar-refractivity contribution < 1.29 is 9.21 Å². The minimum absolute atomic E-state index is 0.0568. The van der Waals surface area contributed by atoms with E-state index in [2.05, 4.69) is 15.9 Å². The highest BCUT2D eigenvalue weighted by atomic mass is 35.5. The van der Waals surface area contributed by atoms with Crippen LogP contribution in [0.2, 0.25) is 5.02 Å². The number of thioether (sulfide) groups is 1. The van der Waals surface area contributed by atoms with E-state index in [-0.39, 0.29) is 5.91 Å². The van der Waals surface area contributed by atoms with Crippen LogP contribution in [-0.4, -0.2) is 52.9 Å². The van der Waals surface area contributed by atoms with Gasteiger partial charge in [-0.2, -0.15) is 0 Å². The number of amides is 1. The zero-order valence-corrected chi connectivity index (χ0v) is 16.9. The molecule has 0 bridgehead atoms. The van der Waals surface area contributed by atoms with Crippen molar-refractivity contribution in [2.45, 2.75) is 0 Å². The Hall–Kier alpha value is -1.80. The number of halogens is 1. The van der Waals surface area contributed by atoms with Crippen molar-refractivity contribution in [3.63, 3.8) is 0 Å². The number of anilines is 1. The summed E-state index contributed by atoms with van der Waals surface area (Å²) in [6, 6.07) is 11.5. The molecule has 2 aliphatic heterocycles. The molecule has 2 fully saturated rings.